The number of nitrogens with zero attached hydrogens (tertiary/aromatic N) is 7. The van der Waals surface area contributed by atoms with Crippen molar-refractivity contribution in [1.82, 2.24) is 29.3 Å². The van der Waals surface area contributed by atoms with Gasteiger partial charge in [0.25, 0.3) is 0 Å². The highest BCUT2D eigenvalue weighted by Gasteiger charge is 2.24. The molecule has 1 saturated heterocycles. The van der Waals surface area contributed by atoms with Crippen molar-refractivity contribution in [3.63, 3.8) is 0 Å². The molecule has 1 amide bonds. The summed E-state index contributed by atoms with van der Waals surface area (Å²) in [6.07, 6.45) is 3.47. The van der Waals surface area contributed by atoms with Gasteiger partial charge in [0.05, 0.1) is 30.1 Å². The predicted octanol–water partition coefficient (Wildman–Crippen LogP) is 2.19. The smallest absolute Gasteiger partial charge is 0.241 e. The van der Waals surface area contributed by atoms with E-state index in [0.717, 1.165) is 16.6 Å². The van der Waals surface area contributed by atoms with Gasteiger partial charge in [0, 0.05) is 44.6 Å². The fourth-order valence-electron chi connectivity index (χ4n) is 3.98. The molecule has 1 unspecified atom stereocenters. The molecule has 0 spiro atoms. The minimum atomic E-state index is -0.283. The summed E-state index contributed by atoms with van der Waals surface area (Å²) in [7, 11) is 3.60. The lowest BCUT2D eigenvalue weighted by Gasteiger charge is -2.32. The topological polar surface area (TPSA) is 71.6 Å². The highest BCUT2D eigenvalue weighted by molar-refractivity contribution is 5.82. The molecule has 4 aromatic rings. The standard InChI is InChI=1S/C21H22FN7O/c1-13(15-8-14-10-24-27(3)17(14)9-16(15)22)18-11-23-19-4-5-20(25-29(18)19)28-7-6-26(2)21(30)12-28/h4-5,8-11,13H,6-7,12H2,1-3H3. The Bertz CT molecular complexity index is 1280. The summed E-state index contributed by atoms with van der Waals surface area (Å²) in [6.45, 7) is 3.60. The summed E-state index contributed by atoms with van der Waals surface area (Å²) in [6, 6.07) is 7.11. The number of benzene rings is 1. The summed E-state index contributed by atoms with van der Waals surface area (Å²) in [5, 5.41) is 9.83. The van der Waals surface area contributed by atoms with E-state index in [1.54, 1.807) is 40.6 Å². The molecule has 0 aliphatic carbocycles. The van der Waals surface area contributed by atoms with Gasteiger partial charge in [-0.2, -0.15) is 5.10 Å². The maximum absolute atomic E-state index is 14.9. The Balaban J connectivity index is 1.54. The highest BCUT2D eigenvalue weighted by atomic mass is 19.1. The van der Waals surface area contributed by atoms with Gasteiger partial charge >= 0.3 is 0 Å². The Morgan fingerprint density at radius 2 is 1.97 bits per heavy atom. The zero-order valence-corrected chi connectivity index (χ0v) is 17.1. The fraction of sp³-hybridized carbons (Fsp3) is 0.333. The molecule has 0 saturated carbocycles. The maximum Gasteiger partial charge on any atom is 0.241 e. The number of aromatic nitrogens is 5. The Morgan fingerprint density at radius 1 is 1.13 bits per heavy atom. The van der Waals surface area contributed by atoms with Crippen molar-refractivity contribution in [3.8, 4) is 0 Å². The van der Waals surface area contributed by atoms with Crippen LogP contribution in [0.5, 0.6) is 0 Å². The number of halogens is 1. The van der Waals surface area contributed by atoms with Gasteiger partial charge in [-0.3, -0.25) is 9.48 Å². The van der Waals surface area contributed by atoms with E-state index >= 15 is 0 Å². The number of aryl methyl sites for hydroxylation is 1. The number of fused-ring (bicyclic) bond motifs is 2. The molecule has 1 aromatic carbocycles. The van der Waals surface area contributed by atoms with Crippen molar-refractivity contribution < 1.29 is 9.18 Å². The highest BCUT2D eigenvalue weighted by Crippen LogP contribution is 2.30. The number of likely N-dealkylation sites (N-methyl/N-ethyl adjacent to an activating group) is 1. The molecule has 1 aliphatic heterocycles. The monoisotopic (exact) mass is 407 g/mol. The van der Waals surface area contributed by atoms with Crippen LogP contribution in [0.3, 0.4) is 0 Å². The number of rotatable bonds is 3. The first-order chi connectivity index (χ1) is 14.4. The number of piperazine rings is 1. The molecular formula is C21H22FN7O. The third kappa shape index (κ3) is 2.89. The normalized spacial score (nSPS) is 16.1. The van der Waals surface area contributed by atoms with E-state index in [1.165, 1.54) is 6.07 Å². The summed E-state index contributed by atoms with van der Waals surface area (Å²) in [4.78, 5) is 20.2. The molecule has 1 fully saturated rings. The fourth-order valence-corrected chi connectivity index (χ4v) is 3.98. The molecule has 30 heavy (non-hydrogen) atoms. The molecule has 4 heterocycles. The van der Waals surface area contributed by atoms with Crippen LogP contribution in [0, 0.1) is 5.82 Å². The average Bonchev–Trinajstić information content (AvgIpc) is 3.32. The quantitative estimate of drug-likeness (QED) is 0.521. The van der Waals surface area contributed by atoms with Crippen LogP contribution in [-0.4, -0.2) is 61.9 Å². The second kappa shape index (κ2) is 6.79. The minimum absolute atomic E-state index is 0.0641. The number of anilines is 1. The summed E-state index contributed by atoms with van der Waals surface area (Å²) in [5.74, 6) is 0.226. The first-order valence-electron chi connectivity index (χ1n) is 9.87. The van der Waals surface area contributed by atoms with E-state index in [-0.39, 0.29) is 17.6 Å². The van der Waals surface area contributed by atoms with E-state index in [0.29, 0.717) is 36.7 Å². The minimum Gasteiger partial charge on any atom is -0.344 e. The largest absolute Gasteiger partial charge is 0.344 e. The van der Waals surface area contributed by atoms with E-state index in [2.05, 4.69) is 10.1 Å². The van der Waals surface area contributed by atoms with Crippen molar-refractivity contribution in [2.45, 2.75) is 12.8 Å². The average molecular weight is 407 g/mol. The molecule has 0 radical (unpaired) electrons. The second-order valence-electron chi connectivity index (χ2n) is 7.80. The third-order valence-electron chi connectivity index (χ3n) is 5.93. The number of amides is 1. The summed E-state index contributed by atoms with van der Waals surface area (Å²) >= 11 is 0. The zero-order valence-electron chi connectivity index (χ0n) is 17.1. The van der Waals surface area contributed by atoms with Gasteiger partial charge in [0.15, 0.2) is 5.65 Å². The molecule has 0 N–H and O–H groups in total. The van der Waals surface area contributed by atoms with Crippen molar-refractivity contribution in [2.75, 3.05) is 31.6 Å². The molecule has 8 nitrogen and oxygen atoms in total. The van der Waals surface area contributed by atoms with Gasteiger partial charge in [0.2, 0.25) is 5.91 Å². The molecule has 3 aromatic heterocycles. The van der Waals surface area contributed by atoms with Crippen molar-refractivity contribution >= 4 is 28.3 Å². The Hall–Kier alpha value is -3.49. The molecule has 9 heteroatoms. The number of imidazole rings is 1. The number of hydrogen-bond donors (Lipinski definition) is 0. The number of hydrogen-bond acceptors (Lipinski definition) is 5. The van der Waals surface area contributed by atoms with E-state index in [1.807, 2.05) is 30.0 Å². The van der Waals surface area contributed by atoms with Crippen LogP contribution in [0.1, 0.15) is 24.1 Å². The molecule has 1 atom stereocenters. The van der Waals surface area contributed by atoms with E-state index in [4.69, 9.17) is 5.10 Å². The molecular weight excluding hydrogens is 385 g/mol. The maximum atomic E-state index is 14.9. The van der Waals surface area contributed by atoms with Gasteiger partial charge in [-0.15, -0.1) is 5.10 Å². The van der Waals surface area contributed by atoms with Gasteiger partial charge in [0.1, 0.15) is 11.6 Å². The number of carbonyl (C=O) groups excluding carboxylic acids is 1. The van der Waals surface area contributed by atoms with Gasteiger partial charge in [-0.05, 0) is 23.8 Å². The lowest BCUT2D eigenvalue weighted by Crippen LogP contribution is -2.48. The van der Waals surface area contributed by atoms with Gasteiger partial charge < -0.3 is 9.80 Å². The Kier molecular flexibility index (Phi) is 4.19. The summed E-state index contributed by atoms with van der Waals surface area (Å²) < 4.78 is 18.3. The van der Waals surface area contributed by atoms with Crippen LogP contribution in [0.2, 0.25) is 0 Å². The second-order valence-corrected chi connectivity index (χ2v) is 7.80. The predicted molar refractivity (Wildman–Crippen MR) is 111 cm³/mol. The first kappa shape index (κ1) is 18.5. The number of carbonyl (C=O) groups is 1. The molecule has 5 rings (SSSR count). The van der Waals surface area contributed by atoms with Crippen molar-refractivity contribution in [3.05, 3.63) is 53.7 Å². The van der Waals surface area contributed by atoms with Crippen LogP contribution in [0.25, 0.3) is 16.6 Å². The SMILES string of the molecule is CC(c1cc2cnn(C)c2cc1F)c1cnc2ccc(N3CCN(C)C(=O)C3)nn12. The molecule has 1 aliphatic rings. The van der Waals surface area contributed by atoms with E-state index in [9.17, 15) is 9.18 Å². The summed E-state index contributed by atoms with van der Waals surface area (Å²) in [5.41, 5.74) is 2.79. The lowest BCUT2D eigenvalue weighted by atomic mass is 9.96. The lowest BCUT2D eigenvalue weighted by molar-refractivity contribution is -0.129. The van der Waals surface area contributed by atoms with Crippen LogP contribution in [-0.2, 0) is 11.8 Å². The van der Waals surface area contributed by atoms with Crippen LogP contribution in [0.15, 0.2) is 36.7 Å². The molecule has 154 valence electrons. The molecule has 0 bridgehead atoms. The third-order valence-corrected chi connectivity index (χ3v) is 5.93. The van der Waals surface area contributed by atoms with Crippen LogP contribution < -0.4 is 4.90 Å². The van der Waals surface area contributed by atoms with Crippen molar-refractivity contribution in [1.29, 1.82) is 0 Å². The Labute approximate surface area is 172 Å². The Morgan fingerprint density at radius 3 is 2.77 bits per heavy atom. The van der Waals surface area contributed by atoms with Gasteiger partial charge in [-0.25, -0.2) is 13.9 Å². The van der Waals surface area contributed by atoms with E-state index < -0.39 is 0 Å². The van der Waals surface area contributed by atoms with Crippen LogP contribution >= 0.6 is 0 Å². The first-order valence-corrected chi connectivity index (χ1v) is 9.87. The van der Waals surface area contributed by atoms with Crippen molar-refractivity contribution in [2.24, 2.45) is 7.05 Å². The zero-order chi connectivity index (χ0) is 21.0. The van der Waals surface area contributed by atoms with Crippen LogP contribution in [0.4, 0.5) is 10.2 Å². The van der Waals surface area contributed by atoms with Gasteiger partial charge in [-0.1, -0.05) is 6.92 Å².